The second-order valence-electron chi connectivity index (χ2n) is 11.4. The lowest BCUT2D eigenvalue weighted by Crippen LogP contribution is -2.49. The van der Waals surface area contributed by atoms with Gasteiger partial charge in [0.15, 0.2) is 5.82 Å². The normalized spacial score (nSPS) is 17.9. The van der Waals surface area contributed by atoms with Crippen LogP contribution in [0.5, 0.6) is 0 Å². The van der Waals surface area contributed by atoms with Gasteiger partial charge in [-0.25, -0.2) is 9.37 Å². The van der Waals surface area contributed by atoms with E-state index >= 15 is 0 Å². The van der Waals surface area contributed by atoms with Gasteiger partial charge in [-0.2, -0.15) is 0 Å². The molecule has 0 saturated carbocycles. The Morgan fingerprint density at radius 3 is 2.62 bits per heavy atom. The highest BCUT2D eigenvalue weighted by atomic mass is 19.1. The summed E-state index contributed by atoms with van der Waals surface area (Å²) in [6.07, 6.45) is 5.40. The molecule has 0 unspecified atom stereocenters. The van der Waals surface area contributed by atoms with E-state index in [1.807, 2.05) is 4.90 Å². The zero-order valence-electron chi connectivity index (χ0n) is 22.8. The third kappa shape index (κ3) is 8.01. The minimum atomic E-state index is -0.857. The van der Waals surface area contributed by atoms with Crippen LogP contribution in [0.4, 0.5) is 4.39 Å². The molecule has 1 aromatic heterocycles. The van der Waals surface area contributed by atoms with Crippen molar-refractivity contribution in [1.29, 1.82) is 0 Å². The number of likely N-dealkylation sites (tertiary alicyclic amines) is 1. The maximum absolute atomic E-state index is 14.1. The smallest absolute Gasteiger partial charge is 0.243 e. The molecule has 2 heterocycles. The quantitative estimate of drug-likeness (QED) is 0.424. The van der Waals surface area contributed by atoms with Gasteiger partial charge in [-0.3, -0.25) is 14.4 Å². The van der Waals surface area contributed by atoms with Crippen molar-refractivity contribution in [1.82, 2.24) is 25.5 Å². The molecule has 3 amide bonds. The number of hydrogen-bond acceptors (Lipinski definition) is 4. The molecule has 3 rings (SSSR count). The van der Waals surface area contributed by atoms with Crippen molar-refractivity contribution < 1.29 is 18.8 Å². The molecule has 1 saturated heterocycles. The molecule has 37 heavy (non-hydrogen) atoms. The summed E-state index contributed by atoms with van der Waals surface area (Å²) >= 11 is 0. The van der Waals surface area contributed by atoms with Crippen LogP contribution >= 0.6 is 0 Å². The van der Waals surface area contributed by atoms with Crippen LogP contribution in [-0.4, -0.2) is 51.2 Å². The molecular formula is C28H42FN5O3. The van der Waals surface area contributed by atoms with E-state index in [1.165, 1.54) is 6.07 Å². The highest BCUT2D eigenvalue weighted by Crippen LogP contribution is 2.23. The second kappa shape index (κ2) is 12.5. The van der Waals surface area contributed by atoms with Crippen molar-refractivity contribution in [2.45, 2.75) is 104 Å². The van der Waals surface area contributed by atoms with E-state index in [0.29, 0.717) is 24.2 Å². The Hall–Kier alpha value is -2.97. The lowest BCUT2D eigenvalue weighted by molar-refractivity contribution is -0.136. The summed E-state index contributed by atoms with van der Waals surface area (Å²) in [6, 6.07) is 3.48. The first-order chi connectivity index (χ1) is 17.5. The minimum absolute atomic E-state index is 0.0143. The zero-order chi connectivity index (χ0) is 27.2. The highest BCUT2D eigenvalue weighted by molar-refractivity contribution is 5.88. The van der Waals surface area contributed by atoms with Crippen LogP contribution < -0.4 is 10.6 Å². The molecule has 0 spiro atoms. The van der Waals surface area contributed by atoms with Gasteiger partial charge in [0.1, 0.15) is 17.4 Å². The summed E-state index contributed by atoms with van der Waals surface area (Å²) in [6.45, 7) is 10.8. The Balaban J connectivity index is 1.68. The first-order valence-corrected chi connectivity index (χ1v) is 13.5. The van der Waals surface area contributed by atoms with Gasteiger partial charge >= 0.3 is 0 Å². The number of amides is 3. The van der Waals surface area contributed by atoms with Gasteiger partial charge in [0.2, 0.25) is 17.7 Å². The number of benzene rings is 1. The number of rotatable bonds is 10. The van der Waals surface area contributed by atoms with Crippen LogP contribution in [0.25, 0.3) is 11.0 Å². The van der Waals surface area contributed by atoms with Gasteiger partial charge in [-0.05, 0) is 63.0 Å². The fourth-order valence-electron chi connectivity index (χ4n) is 4.79. The SMILES string of the molecule is CC[C@H]1CCCCN1C(=O)CC[C@H](NC(=O)CCC(C)(C)C)C(=O)N[C@@H](C)c1nc2c(F)cccc2[nH]1. The van der Waals surface area contributed by atoms with Crippen LogP contribution in [0.2, 0.25) is 0 Å². The number of imidazole rings is 1. The number of aromatic nitrogens is 2. The maximum Gasteiger partial charge on any atom is 0.243 e. The molecule has 9 heteroatoms. The third-order valence-corrected chi connectivity index (χ3v) is 7.07. The fourth-order valence-corrected chi connectivity index (χ4v) is 4.79. The Morgan fingerprint density at radius 1 is 1.19 bits per heavy atom. The van der Waals surface area contributed by atoms with Crippen LogP contribution in [0, 0.1) is 11.2 Å². The zero-order valence-corrected chi connectivity index (χ0v) is 22.8. The third-order valence-electron chi connectivity index (χ3n) is 7.07. The summed E-state index contributed by atoms with van der Waals surface area (Å²) in [5.74, 6) is -0.610. The number of hydrogen-bond donors (Lipinski definition) is 3. The first kappa shape index (κ1) is 28.6. The lowest BCUT2D eigenvalue weighted by atomic mass is 9.90. The molecule has 8 nitrogen and oxygen atoms in total. The van der Waals surface area contributed by atoms with Crippen molar-refractivity contribution in [3.63, 3.8) is 0 Å². The number of H-pyrrole nitrogens is 1. The summed E-state index contributed by atoms with van der Waals surface area (Å²) in [4.78, 5) is 48.3. The van der Waals surface area contributed by atoms with Crippen molar-refractivity contribution in [2.75, 3.05) is 6.54 Å². The van der Waals surface area contributed by atoms with Crippen LogP contribution in [0.3, 0.4) is 0 Å². The summed E-state index contributed by atoms with van der Waals surface area (Å²) in [5.41, 5.74) is 0.739. The van der Waals surface area contributed by atoms with E-state index in [1.54, 1.807) is 19.1 Å². The molecule has 1 aromatic carbocycles. The highest BCUT2D eigenvalue weighted by Gasteiger charge is 2.29. The molecule has 2 aromatic rings. The average Bonchev–Trinajstić information content (AvgIpc) is 3.30. The van der Waals surface area contributed by atoms with E-state index in [9.17, 15) is 18.8 Å². The predicted octanol–water partition coefficient (Wildman–Crippen LogP) is 4.76. The Kier molecular flexibility index (Phi) is 9.68. The molecule has 204 valence electrons. The molecule has 0 aliphatic carbocycles. The first-order valence-electron chi connectivity index (χ1n) is 13.5. The van der Waals surface area contributed by atoms with Crippen molar-refractivity contribution >= 4 is 28.8 Å². The fraction of sp³-hybridized carbons (Fsp3) is 0.643. The van der Waals surface area contributed by atoms with Crippen LogP contribution in [0.1, 0.15) is 97.9 Å². The van der Waals surface area contributed by atoms with E-state index < -0.39 is 23.8 Å². The van der Waals surface area contributed by atoms with Gasteiger partial charge in [-0.1, -0.05) is 33.8 Å². The number of fused-ring (bicyclic) bond motifs is 1. The standard InChI is InChI=1S/C28H42FN5O3/c1-6-19-10-7-8-17-34(19)24(36)14-13-22(31-23(35)15-16-28(3,4)5)27(37)30-18(2)26-32-21-12-9-11-20(29)25(21)33-26/h9,11-12,18-19,22H,6-8,10,13-17H2,1-5H3,(H,30,37)(H,31,35)(H,32,33)/t18-,19-,22-/m0/s1. The van der Waals surface area contributed by atoms with E-state index in [0.717, 1.165) is 32.2 Å². The minimum Gasteiger partial charge on any atom is -0.345 e. The van der Waals surface area contributed by atoms with Crippen molar-refractivity contribution in [3.8, 4) is 0 Å². The molecule has 1 fully saturated rings. The average molecular weight is 516 g/mol. The van der Waals surface area contributed by atoms with Gasteiger partial charge < -0.3 is 20.5 Å². The number of carbonyl (C=O) groups is 3. The molecule has 0 radical (unpaired) electrons. The van der Waals surface area contributed by atoms with E-state index in [2.05, 4.69) is 48.3 Å². The van der Waals surface area contributed by atoms with Gasteiger partial charge in [0.25, 0.3) is 0 Å². The Labute approximate surface area is 219 Å². The summed E-state index contributed by atoms with van der Waals surface area (Å²) in [7, 11) is 0. The molecule has 1 aliphatic rings. The molecular weight excluding hydrogens is 473 g/mol. The van der Waals surface area contributed by atoms with E-state index in [-0.39, 0.29) is 41.6 Å². The number of carbonyl (C=O) groups excluding carboxylic acids is 3. The Bertz CT molecular complexity index is 1090. The number of para-hydroxylation sites is 1. The monoisotopic (exact) mass is 515 g/mol. The Morgan fingerprint density at radius 2 is 1.95 bits per heavy atom. The van der Waals surface area contributed by atoms with Crippen LogP contribution in [-0.2, 0) is 14.4 Å². The number of piperidine rings is 1. The van der Waals surface area contributed by atoms with E-state index in [4.69, 9.17) is 0 Å². The summed E-state index contributed by atoms with van der Waals surface area (Å²) in [5, 5.41) is 5.74. The number of halogens is 1. The maximum atomic E-state index is 14.1. The van der Waals surface area contributed by atoms with Crippen molar-refractivity contribution in [2.24, 2.45) is 5.41 Å². The molecule has 3 atom stereocenters. The molecule has 0 bridgehead atoms. The second-order valence-corrected chi connectivity index (χ2v) is 11.4. The van der Waals surface area contributed by atoms with Crippen molar-refractivity contribution in [3.05, 3.63) is 29.8 Å². The lowest BCUT2D eigenvalue weighted by Gasteiger charge is -2.35. The van der Waals surface area contributed by atoms with Gasteiger partial charge in [0.05, 0.1) is 11.6 Å². The number of nitrogens with zero attached hydrogens (tertiary/aromatic N) is 2. The number of aromatic amines is 1. The topological polar surface area (TPSA) is 107 Å². The summed E-state index contributed by atoms with van der Waals surface area (Å²) < 4.78 is 14.1. The molecule has 1 aliphatic heterocycles. The van der Waals surface area contributed by atoms with Gasteiger partial charge in [0, 0.05) is 25.4 Å². The number of nitrogens with one attached hydrogen (secondary N) is 3. The largest absolute Gasteiger partial charge is 0.345 e. The van der Waals surface area contributed by atoms with Gasteiger partial charge in [-0.15, -0.1) is 0 Å². The van der Waals surface area contributed by atoms with Crippen LogP contribution in [0.15, 0.2) is 18.2 Å². The molecule has 3 N–H and O–H groups in total. The predicted molar refractivity (Wildman–Crippen MR) is 142 cm³/mol.